The van der Waals surface area contributed by atoms with Crippen LogP contribution in [0.5, 0.6) is 5.88 Å². The maximum atomic E-state index is 14.8. The summed E-state index contributed by atoms with van der Waals surface area (Å²) in [5.74, 6) is 3.72. The van der Waals surface area contributed by atoms with Crippen LogP contribution in [0.15, 0.2) is 39.5 Å². The van der Waals surface area contributed by atoms with Gasteiger partial charge in [-0.15, -0.1) is 0 Å². The van der Waals surface area contributed by atoms with Gasteiger partial charge in [0.05, 0.1) is 82.7 Å². The monoisotopic (exact) mass is 1250 g/mol. The number of aromatic hydroxyl groups is 1. The maximum Gasteiger partial charge on any atom is 0.407 e. The molecule has 12 atom stereocenters. The second-order valence-electron chi connectivity index (χ2n) is 28.2. The fraction of sp³-hybridized carbons (Fsp3) is 0.857. The lowest BCUT2D eigenvalue weighted by atomic mass is 9.78. The summed E-state index contributed by atoms with van der Waals surface area (Å²) in [5, 5.41) is 21.1. The molecule has 0 radical (unpaired) electrons. The number of aliphatic imine (C=N–C) groups is 6. The first-order chi connectivity index (χ1) is 44.0. The second-order valence-corrected chi connectivity index (χ2v) is 28.2. The van der Waals surface area contributed by atoms with Crippen molar-refractivity contribution in [3.63, 3.8) is 0 Å². The Morgan fingerprint density at radius 2 is 0.700 bits per heavy atom. The molecule has 0 bridgehead atoms. The average molecular weight is 1250 g/mol. The third-order valence-electron chi connectivity index (χ3n) is 20.5. The van der Waals surface area contributed by atoms with Crippen molar-refractivity contribution in [2.45, 2.75) is 233 Å². The number of rotatable bonds is 33. The molecule has 20 heteroatoms. The fourth-order valence-corrected chi connectivity index (χ4v) is 15.5. The quantitative estimate of drug-likeness (QED) is 0.0296. The van der Waals surface area contributed by atoms with Crippen LogP contribution in [0.25, 0.3) is 0 Å². The van der Waals surface area contributed by atoms with E-state index in [9.17, 15) is 29.1 Å². The zero-order chi connectivity index (χ0) is 63.6. The molecule has 1 aromatic heterocycles. The Hall–Kier alpha value is -5.57. The van der Waals surface area contributed by atoms with E-state index in [0.29, 0.717) is 157 Å². The van der Waals surface area contributed by atoms with Gasteiger partial charge in [-0.3, -0.25) is 13.9 Å². The molecule has 0 aromatic carbocycles. The number of unbranched alkanes of at least 4 members (excludes halogenated alkanes) is 3. The Bertz CT molecular complexity index is 2510. The van der Waals surface area contributed by atoms with Crippen molar-refractivity contribution in [3.05, 3.63) is 26.4 Å². The number of carbonyl (C=O) groups excluding carboxylic acids is 3. The summed E-state index contributed by atoms with van der Waals surface area (Å²) in [6.45, 7) is 14.0. The smallest absolute Gasteiger partial charge is 0.407 e. The van der Waals surface area contributed by atoms with Crippen LogP contribution in [-0.4, -0.2) is 129 Å². The number of nitrogens with zero attached hydrogens (tertiary/aromatic N) is 8. The zero-order valence-electron chi connectivity index (χ0n) is 55.5. The number of hydrogen-bond donors (Lipinski definition) is 4. The molecule has 7 rings (SSSR count). The number of ether oxygens (including phenoxy) is 3. The van der Waals surface area contributed by atoms with Crippen LogP contribution in [0.1, 0.15) is 219 Å². The van der Waals surface area contributed by atoms with Gasteiger partial charge in [0, 0.05) is 32.7 Å². The zero-order valence-corrected chi connectivity index (χ0v) is 55.5. The summed E-state index contributed by atoms with van der Waals surface area (Å²) in [6.07, 6.45) is 29.4. The molecule has 0 spiro atoms. The number of hydrogen-bond acceptors (Lipinski definition) is 15. The Morgan fingerprint density at radius 1 is 0.422 bits per heavy atom. The molecule has 20 nitrogen and oxygen atoms in total. The largest absolute Gasteiger partial charge is 0.494 e. The van der Waals surface area contributed by atoms with Gasteiger partial charge in [-0.05, 0) is 206 Å². The summed E-state index contributed by atoms with van der Waals surface area (Å²) >= 11 is 0. The molecule has 4 N–H and O–H groups in total. The minimum Gasteiger partial charge on any atom is -0.494 e. The molecule has 6 saturated carbocycles. The van der Waals surface area contributed by atoms with Crippen LogP contribution in [-0.2, 0) is 33.7 Å². The Labute approximate surface area is 537 Å². The first kappa shape index (κ1) is 71.9. The van der Waals surface area contributed by atoms with Crippen LogP contribution < -0.4 is 27.2 Å². The highest BCUT2D eigenvalue weighted by atomic mass is 16.6. The minimum atomic E-state index is -0.417. The Morgan fingerprint density at radius 3 is 1.03 bits per heavy atom. The highest BCUT2D eigenvalue weighted by Crippen LogP contribution is 2.36. The summed E-state index contributed by atoms with van der Waals surface area (Å²) in [6, 6.07) is 9.05. The molecular weight excluding hydrogens is 1140 g/mol. The van der Waals surface area contributed by atoms with E-state index in [-0.39, 0.29) is 47.5 Å². The van der Waals surface area contributed by atoms with Crippen LogP contribution in [0, 0.1) is 71.0 Å². The van der Waals surface area contributed by atoms with Gasteiger partial charge >= 0.3 is 24.0 Å². The Kier molecular flexibility index (Phi) is 32.8. The van der Waals surface area contributed by atoms with Crippen LogP contribution in [0.4, 0.5) is 14.4 Å². The molecule has 6 aliphatic rings. The van der Waals surface area contributed by atoms with Crippen molar-refractivity contribution in [1.82, 2.24) is 25.1 Å². The first-order valence-corrected chi connectivity index (χ1v) is 36.0. The lowest BCUT2D eigenvalue weighted by molar-refractivity contribution is 0.139. The molecule has 1 heterocycles. The average Bonchev–Trinajstić information content (AvgIpc) is 0.873. The highest BCUT2D eigenvalue weighted by molar-refractivity contribution is 5.67. The number of aromatic nitrogens is 2. The summed E-state index contributed by atoms with van der Waals surface area (Å²) in [5.41, 5.74) is -0.414. The van der Waals surface area contributed by atoms with Crippen LogP contribution in [0.2, 0.25) is 0 Å². The van der Waals surface area contributed by atoms with Gasteiger partial charge in [-0.1, -0.05) is 85.0 Å². The third kappa shape index (κ3) is 26.2. The molecule has 12 unspecified atom stereocenters. The van der Waals surface area contributed by atoms with Gasteiger partial charge in [0.25, 0.3) is 5.56 Å². The normalized spacial score (nSPS) is 26.8. The first-order valence-electron chi connectivity index (χ1n) is 36.0. The third-order valence-corrected chi connectivity index (χ3v) is 20.5. The predicted octanol–water partition coefficient (Wildman–Crippen LogP) is 13.2. The van der Waals surface area contributed by atoms with E-state index >= 15 is 0 Å². The Balaban J connectivity index is 0.954. The van der Waals surface area contributed by atoms with E-state index in [4.69, 9.17) is 14.2 Å². The van der Waals surface area contributed by atoms with E-state index in [2.05, 4.69) is 84.7 Å². The second kappa shape index (κ2) is 41.1. The topological polar surface area (TPSA) is 253 Å². The lowest BCUT2D eigenvalue weighted by Crippen LogP contribution is -2.44. The maximum absolute atomic E-state index is 14.8. The summed E-state index contributed by atoms with van der Waals surface area (Å²) in [4.78, 5) is 93.9. The van der Waals surface area contributed by atoms with Gasteiger partial charge in [-0.2, -0.15) is 0 Å². The van der Waals surface area contributed by atoms with Crippen molar-refractivity contribution in [2.24, 2.45) is 101 Å². The van der Waals surface area contributed by atoms with Crippen LogP contribution in [0.3, 0.4) is 0 Å². The number of alkyl carbamates (subject to hydrolysis) is 3. The van der Waals surface area contributed by atoms with E-state index in [1.165, 1.54) is 4.57 Å². The molecule has 504 valence electrons. The SMILES string of the molecule is CCCCOC(=O)NCC1CCCC(CN=C=NCC2CCCC(Cc3c(O)n(CC4CCCC(CN=C=NCC5CCCC(CNC(=O)OCCCC)C5)C4)c(=O)n(CC4CCCC(CN=C=NCC5CCCC(CNC(=O)OCCCC)C5)C4)c3=O)C2)C1. The molecule has 90 heavy (non-hydrogen) atoms. The van der Waals surface area contributed by atoms with E-state index in [1.807, 2.05) is 0 Å². The predicted molar refractivity (Wildman–Crippen MR) is 355 cm³/mol. The van der Waals surface area contributed by atoms with Crippen molar-refractivity contribution in [1.29, 1.82) is 0 Å². The number of carbonyl (C=O) groups is 3. The minimum absolute atomic E-state index is 0.117. The summed E-state index contributed by atoms with van der Waals surface area (Å²) in [7, 11) is 0. The van der Waals surface area contributed by atoms with Gasteiger partial charge in [-0.25, -0.2) is 49.1 Å². The molecule has 1 aromatic rings. The fourth-order valence-electron chi connectivity index (χ4n) is 15.5. The van der Waals surface area contributed by atoms with Gasteiger partial charge in [0.1, 0.15) is 0 Å². The molecule has 3 amide bonds. The van der Waals surface area contributed by atoms with E-state index in [1.54, 1.807) is 4.57 Å². The molecule has 6 aliphatic carbocycles. The molecule has 0 aliphatic heterocycles. The van der Waals surface area contributed by atoms with E-state index < -0.39 is 5.69 Å². The van der Waals surface area contributed by atoms with Crippen molar-refractivity contribution in [3.8, 4) is 5.88 Å². The molecule has 6 fully saturated rings. The van der Waals surface area contributed by atoms with Crippen molar-refractivity contribution >= 4 is 36.3 Å². The van der Waals surface area contributed by atoms with Gasteiger partial charge in [0.15, 0.2) is 0 Å². The van der Waals surface area contributed by atoms with E-state index in [0.717, 1.165) is 193 Å². The number of nitrogens with one attached hydrogen (secondary N) is 3. The number of amides is 3. The van der Waals surface area contributed by atoms with Crippen molar-refractivity contribution in [2.75, 3.05) is 78.7 Å². The van der Waals surface area contributed by atoms with Crippen molar-refractivity contribution < 1.29 is 33.7 Å². The molecule has 0 saturated heterocycles. The van der Waals surface area contributed by atoms with Gasteiger partial charge < -0.3 is 35.3 Å². The highest BCUT2D eigenvalue weighted by Gasteiger charge is 2.32. The summed E-state index contributed by atoms with van der Waals surface area (Å²) < 4.78 is 18.9. The van der Waals surface area contributed by atoms with Gasteiger partial charge in [0.2, 0.25) is 5.88 Å². The molecular formula is C70H115N11O9. The lowest BCUT2D eigenvalue weighted by Gasteiger charge is -2.31. The van der Waals surface area contributed by atoms with Crippen LogP contribution >= 0.6 is 0 Å². The standard InChI is InChI=1S/C70H115N11O9/c1-4-7-28-88-67(84)77-44-59-23-11-18-54(32-59)39-72-49-71-38-53-17-10-16-52(31-53)37-64-65(82)80(47-62-26-14-21-57(35-62)42-75-50-73-40-55-19-12-24-60(33-55)45-78-68(85)89-29-8-5-2)70(87)81(66(64)83)48-63-27-15-22-58(36-63)43-76-51-74-41-56-20-13-25-61(34-56)46-79-69(86)90-30-9-6-3/h52-63,82H,4-48H2,1-3H3,(H,77,84)(H,78,85)(H,79,86).